The topological polar surface area (TPSA) is 212 Å². The van der Waals surface area contributed by atoms with Crippen LogP contribution in [0.4, 0.5) is 11.4 Å². The van der Waals surface area contributed by atoms with Gasteiger partial charge < -0.3 is 56.2 Å². The molecule has 0 spiro atoms. The van der Waals surface area contributed by atoms with E-state index >= 15 is 0 Å². The number of hydrogen-bond donors (Lipinski definition) is 10. The van der Waals surface area contributed by atoms with E-state index < -0.39 is 68.0 Å². The molecule has 1 aliphatic carbocycles. The molecule has 1 aliphatic heterocycles. The highest BCUT2D eigenvalue weighted by Gasteiger charge is 2.45. The Morgan fingerprint density at radius 1 is 1.02 bits per heavy atom. The first-order valence-electron chi connectivity index (χ1n) is 14.0. The van der Waals surface area contributed by atoms with E-state index in [1.165, 1.54) is 12.2 Å². The van der Waals surface area contributed by atoms with Gasteiger partial charge in [-0.05, 0) is 43.9 Å². The summed E-state index contributed by atoms with van der Waals surface area (Å²) in [5, 5.41) is 87.6. The zero-order valence-electron chi connectivity index (χ0n) is 22.9. The molecular formula is C27H44N2O10S2. The lowest BCUT2D eigenvalue weighted by molar-refractivity contribution is -0.224. The minimum absolute atomic E-state index is 0.0880. The third kappa shape index (κ3) is 10.2. The molecule has 14 heteroatoms. The lowest BCUT2D eigenvalue weighted by atomic mass is 9.81. The number of rotatable bonds is 16. The van der Waals surface area contributed by atoms with Crippen molar-refractivity contribution < 1.29 is 50.4 Å². The Balaban J connectivity index is 1.50. The summed E-state index contributed by atoms with van der Waals surface area (Å²) < 4.78 is 5.64. The van der Waals surface area contributed by atoms with Gasteiger partial charge in [-0.15, -0.1) is 0 Å². The molecule has 3 rings (SSSR count). The summed E-state index contributed by atoms with van der Waals surface area (Å²) in [6, 6.07) is 6.85. The van der Waals surface area contributed by atoms with E-state index in [0.717, 1.165) is 19.3 Å². The van der Waals surface area contributed by atoms with Crippen molar-refractivity contribution in [1.82, 2.24) is 0 Å². The lowest BCUT2D eigenvalue weighted by Crippen LogP contribution is -2.58. The first-order chi connectivity index (χ1) is 19.6. The highest BCUT2D eigenvalue weighted by Crippen LogP contribution is 2.40. The zero-order valence-corrected chi connectivity index (χ0v) is 24.5. The average molecular weight is 621 g/mol. The summed E-state index contributed by atoms with van der Waals surface area (Å²) in [5.41, 5.74) is 1.12. The maximum Gasteiger partial charge on any atom is 0.224 e. The van der Waals surface area contributed by atoms with Gasteiger partial charge in [0, 0.05) is 47.9 Å². The van der Waals surface area contributed by atoms with Crippen molar-refractivity contribution >= 4 is 38.9 Å². The lowest BCUT2D eigenvalue weighted by Gasteiger charge is -2.42. The van der Waals surface area contributed by atoms with Crippen LogP contribution in [0, 0.1) is 5.92 Å². The Hall–Kier alpha value is -1.17. The van der Waals surface area contributed by atoms with Crippen molar-refractivity contribution in [2.24, 2.45) is 5.92 Å². The third-order valence-electron chi connectivity index (χ3n) is 7.53. The van der Waals surface area contributed by atoms with Crippen molar-refractivity contribution in [2.45, 2.75) is 92.6 Å². The number of carbonyl (C=O) groups excluding carboxylic acids is 1. The molecule has 1 aromatic rings. The number of amides is 1. The fraction of sp³-hybridized carbons (Fsp3) is 0.741. The fourth-order valence-corrected chi connectivity index (χ4v) is 8.04. The predicted octanol–water partition coefficient (Wildman–Crippen LogP) is -0.325. The normalized spacial score (nSPS) is 29.5. The summed E-state index contributed by atoms with van der Waals surface area (Å²) in [4.78, 5) is 12.4. The summed E-state index contributed by atoms with van der Waals surface area (Å²) in [5.74, 6) is 0.287. The summed E-state index contributed by atoms with van der Waals surface area (Å²) in [6.45, 7) is -1.51. The molecule has 12 nitrogen and oxygen atoms in total. The number of anilines is 2. The van der Waals surface area contributed by atoms with Gasteiger partial charge in [0.05, 0.1) is 24.9 Å². The molecule has 0 bridgehead atoms. The van der Waals surface area contributed by atoms with Crippen molar-refractivity contribution in [3.63, 3.8) is 0 Å². The Morgan fingerprint density at radius 2 is 1.78 bits per heavy atom. The number of benzene rings is 1. The highest BCUT2D eigenvalue weighted by molar-refractivity contribution is 8.77. The van der Waals surface area contributed by atoms with Crippen molar-refractivity contribution in [3.05, 3.63) is 24.3 Å². The van der Waals surface area contributed by atoms with Gasteiger partial charge in [-0.25, -0.2) is 0 Å². The van der Waals surface area contributed by atoms with Gasteiger partial charge in [0.2, 0.25) is 5.91 Å². The molecular weight excluding hydrogens is 576 g/mol. The van der Waals surface area contributed by atoms with Crippen molar-refractivity contribution in [2.75, 3.05) is 36.1 Å². The Kier molecular flexibility index (Phi) is 14.4. The molecule has 0 radical (unpaired) electrons. The fourth-order valence-electron chi connectivity index (χ4n) is 5.02. The maximum absolute atomic E-state index is 12.4. The molecule has 2 fully saturated rings. The number of aliphatic hydroxyl groups is 8. The second kappa shape index (κ2) is 17.2. The van der Waals surface area contributed by atoms with E-state index in [1.807, 2.05) is 21.6 Å². The number of hydrogen-bond acceptors (Lipinski definition) is 13. The molecule has 10 N–H and O–H groups in total. The van der Waals surface area contributed by atoms with E-state index in [0.29, 0.717) is 23.0 Å². The predicted molar refractivity (Wildman–Crippen MR) is 157 cm³/mol. The molecule has 41 heavy (non-hydrogen) atoms. The van der Waals surface area contributed by atoms with Crippen LogP contribution in [-0.2, 0) is 9.53 Å². The molecule has 1 heterocycles. The third-order valence-corrected chi connectivity index (χ3v) is 10.5. The van der Waals surface area contributed by atoms with Gasteiger partial charge in [-0.3, -0.25) is 4.79 Å². The van der Waals surface area contributed by atoms with Gasteiger partial charge in [-0.2, -0.15) is 0 Å². The van der Waals surface area contributed by atoms with Crippen LogP contribution in [-0.4, -0.2) is 126 Å². The number of carbonyl (C=O) groups is 1. The molecule has 1 saturated heterocycles. The van der Waals surface area contributed by atoms with Gasteiger partial charge in [-0.1, -0.05) is 34.1 Å². The van der Waals surface area contributed by atoms with E-state index in [2.05, 4.69) is 10.6 Å². The largest absolute Gasteiger partial charge is 0.396 e. The van der Waals surface area contributed by atoms with Crippen molar-refractivity contribution in [3.8, 4) is 0 Å². The highest BCUT2D eigenvalue weighted by atomic mass is 33.1. The zero-order chi connectivity index (χ0) is 29.9. The SMILES string of the molecule is O=C(CCCCC1CCSS1)Nc1cccc(NCC(O)C(O)C(OC2CC(CO)C(O)C(O)C2O)C(O)CO)c1. The molecule has 1 aromatic carbocycles. The molecule has 234 valence electrons. The summed E-state index contributed by atoms with van der Waals surface area (Å²) in [6.07, 6.45) is -7.74. The molecule has 0 aromatic heterocycles. The van der Waals surface area contributed by atoms with Crippen LogP contribution in [0.3, 0.4) is 0 Å². The minimum atomic E-state index is -1.72. The minimum Gasteiger partial charge on any atom is -0.396 e. The van der Waals surface area contributed by atoms with Crippen LogP contribution in [0.25, 0.3) is 0 Å². The Morgan fingerprint density at radius 3 is 2.46 bits per heavy atom. The van der Waals surface area contributed by atoms with E-state index in [4.69, 9.17) is 4.74 Å². The van der Waals surface area contributed by atoms with Crippen LogP contribution in [0.15, 0.2) is 24.3 Å². The quantitative estimate of drug-likeness (QED) is 0.0849. The number of unbranched alkanes of at least 4 members (excludes halogenated alkanes) is 1. The second-order valence-corrected chi connectivity index (χ2v) is 13.5. The van der Waals surface area contributed by atoms with Crippen molar-refractivity contribution in [1.29, 1.82) is 0 Å². The summed E-state index contributed by atoms with van der Waals surface area (Å²) >= 11 is 0. The number of aliphatic hydroxyl groups excluding tert-OH is 8. The standard InChI is InChI=1S/C27H44N2O10S2/c30-13-15-10-21(25(37)26(38)23(15)35)39-27(20(33)14-31)24(36)19(32)12-28-16-4-3-5-17(11-16)29-22(34)7-2-1-6-18-8-9-40-41-18/h3-5,11,15,18-21,23-28,30-33,35-38H,1-2,6-10,12-14H2,(H,29,34). The average Bonchev–Trinajstić information content (AvgIpc) is 3.50. The maximum atomic E-state index is 12.4. The van der Waals surface area contributed by atoms with Gasteiger partial charge >= 0.3 is 0 Å². The Labute approximate surface area is 247 Å². The summed E-state index contributed by atoms with van der Waals surface area (Å²) in [7, 11) is 3.85. The molecule has 2 aliphatic rings. The van der Waals surface area contributed by atoms with E-state index in [1.54, 1.807) is 24.3 Å². The number of nitrogens with one attached hydrogen (secondary N) is 2. The van der Waals surface area contributed by atoms with Gasteiger partial charge in [0.15, 0.2) is 0 Å². The smallest absolute Gasteiger partial charge is 0.224 e. The monoisotopic (exact) mass is 620 g/mol. The Bertz CT molecular complexity index is 926. The van der Waals surface area contributed by atoms with Crippen LogP contribution in [0.5, 0.6) is 0 Å². The second-order valence-electron chi connectivity index (χ2n) is 10.7. The molecule has 10 unspecified atom stereocenters. The van der Waals surface area contributed by atoms with Gasteiger partial charge in [0.1, 0.15) is 30.5 Å². The van der Waals surface area contributed by atoms with E-state index in [9.17, 15) is 45.6 Å². The molecule has 1 amide bonds. The van der Waals surface area contributed by atoms with Crippen LogP contribution >= 0.6 is 21.6 Å². The van der Waals surface area contributed by atoms with Crippen LogP contribution in [0.1, 0.15) is 38.5 Å². The molecule has 10 atom stereocenters. The first kappa shape index (κ1) is 34.3. The number of ether oxygens (including phenoxy) is 1. The van der Waals surface area contributed by atoms with E-state index in [-0.39, 0.29) is 18.9 Å². The first-order valence-corrected chi connectivity index (χ1v) is 16.4. The van der Waals surface area contributed by atoms with Gasteiger partial charge in [0.25, 0.3) is 0 Å². The molecule has 1 saturated carbocycles. The van der Waals surface area contributed by atoms with Crippen LogP contribution < -0.4 is 10.6 Å². The van der Waals surface area contributed by atoms with Crippen LogP contribution in [0.2, 0.25) is 0 Å².